The van der Waals surface area contributed by atoms with Crippen molar-refractivity contribution in [3.8, 4) is 5.69 Å². The average molecular weight is 449 g/mol. The molecule has 172 valence electrons. The SMILES string of the molecule is CN=C(NCc1ccc(-n2ccnc2)c(F)c1)N1CC2OCCN(Cc3ccccc3)C2C1. The Hall–Kier alpha value is -3.23. The lowest BCUT2D eigenvalue weighted by atomic mass is 10.1. The number of aromatic nitrogens is 2. The van der Waals surface area contributed by atoms with E-state index in [-0.39, 0.29) is 11.9 Å². The van der Waals surface area contributed by atoms with Crippen molar-refractivity contribution in [2.24, 2.45) is 4.99 Å². The van der Waals surface area contributed by atoms with E-state index in [4.69, 9.17) is 4.74 Å². The van der Waals surface area contributed by atoms with Crippen molar-refractivity contribution in [3.05, 3.63) is 84.2 Å². The summed E-state index contributed by atoms with van der Waals surface area (Å²) in [6.45, 7) is 4.74. The molecule has 0 spiro atoms. The standard InChI is InChI=1S/C25H29FN6O/c1-27-25(29-14-20-7-8-22(21(26)13-20)31-10-9-28-18-31)32-16-23-24(17-32)33-12-11-30(23)15-19-5-3-2-4-6-19/h2-10,13,18,23-24H,11-12,14-17H2,1H3,(H,27,29). The monoisotopic (exact) mass is 448 g/mol. The number of imidazole rings is 1. The molecule has 0 amide bonds. The number of morpholine rings is 1. The lowest BCUT2D eigenvalue weighted by molar-refractivity contribution is -0.0502. The van der Waals surface area contributed by atoms with E-state index in [1.165, 1.54) is 5.56 Å². The Labute approximate surface area is 193 Å². The first-order valence-corrected chi connectivity index (χ1v) is 11.3. The van der Waals surface area contributed by atoms with Gasteiger partial charge in [0.1, 0.15) is 5.82 Å². The summed E-state index contributed by atoms with van der Waals surface area (Å²) in [4.78, 5) is 13.2. The molecule has 0 radical (unpaired) electrons. The molecule has 8 heteroatoms. The number of nitrogens with one attached hydrogen (secondary N) is 1. The molecule has 1 aromatic heterocycles. The summed E-state index contributed by atoms with van der Waals surface area (Å²) in [6.07, 6.45) is 5.12. The number of benzene rings is 2. The van der Waals surface area contributed by atoms with E-state index < -0.39 is 0 Å². The summed E-state index contributed by atoms with van der Waals surface area (Å²) >= 11 is 0. The minimum absolute atomic E-state index is 0.160. The van der Waals surface area contributed by atoms with Crippen molar-refractivity contribution >= 4 is 5.96 Å². The molecule has 3 aromatic rings. The van der Waals surface area contributed by atoms with E-state index in [9.17, 15) is 4.39 Å². The van der Waals surface area contributed by atoms with E-state index in [1.54, 1.807) is 42.5 Å². The van der Waals surface area contributed by atoms with E-state index in [0.717, 1.165) is 44.3 Å². The lowest BCUT2D eigenvalue weighted by Crippen LogP contribution is -2.50. The third kappa shape index (κ3) is 4.77. The van der Waals surface area contributed by atoms with Crippen LogP contribution >= 0.6 is 0 Å². The molecule has 2 atom stereocenters. The van der Waals surface area contributed by atoms with Crippen LogP contribution in [0.2, 0.25) is 0 Å². The zero-order chi connectivity index (χ0) is 22.6. The molecule has 0 aliphatic carbocycles. The fraction of sp³-hybridized carbons (Fsp3) is 0.360. The second-order valence-corrected chi connectivity index (χ2v) is 8.49. The molecule has 5 rings (SSSR count). The van der Waals surface area contributed by atoms with Crippen LogP contribution < -0.4 is 5.32 Å². The largest absolute Gasteiger partial charge is 0.373 e. The van der Waals surface area contributed by atoms with Crippen molar-refractivity contribution in [2.75, 3.05) is 33.3 Å². The molecule has 0 saturated carbocycles. The molecular formula is C25H29FN6O. The highest BCUT2D eigenvalue weighted by molar-refractivity contribution is 5.80. The number of guanidine groups is 1. The Bertz CT molecular complexity index is 1090. The summed E-state index contributed by atoms with van der Waals surface area (Å²) < 4.78 is 22.4. The number of fused-ring (bicyclic) bond motifs is 1. The van der Waals surface area contributed by atoms with Gasteiger partial charge in [0.25, 0.3) is 0 Å². The van der Waals surface area contributed by atoms with Gasteiger partial charge < -0.3 is 19.5 Å². The highest BCUT2D eigenvalue weighted by Gasteiger charge is 2.41. The second-order valence-electron chi connectivity index (χ2n) is 8.49. The van der Waals surface area contributed by atoms with Gasteiger partial charge in [0.2, 0.25) is 0 Å². The highest BCUT2D eigenvalue weighted by Crippen LogP contribution is 2.25. The molecule has 7 nitrogen and oxygen atoms in total. The molecule has 2 aliphatic rings. The van der Waals surface area contributed by atoms with Gasteiger partial charge in [0.05, 0.1) is 30.8 Å². The van der Waals surface area contributed by atoms with Crippen molar-refractivity contribution in [2.45, 2.75) is 25.2 Å². The molecule has 0 bridgehead atoms. The first-order valence-electron chi connectivity index (χ1n) is 11.3. The van der Waals surface area contributed by atoms with Crippen LogP contribution in [0.1, 0.15) is 11.1 Å². The molecular weight excluding hydrogens is 419 g/mol. The van der Waals surface area contributed by atoms with Crippen LogP contribution in [0.15, 0.2) is 72.2 Å². The van der Waals surface area contributed by atoms with Gasteiger partial charge in [0.15, 0.2) is 5.96 Å². The van der Waals surface area contributed by atoms with Crippen LogP contribution in [0.5, 0.6) is 0 Å². The Morgan fingerprint density at radius 1 is 1.18 bits per heavy atom. The number of hydrogen-bond donors (Lipinski definition) is 1. The topological polar surface area (TPSA) is 57.9 Å². The van der Waals surface area contributed by atoms with Crippen LogP contribution in [0.25, 0.3) is 5.69 Å². The van der Waals surface area contributed by atoms with Crippen molar-refractivity contribution < 1.29 is 9.13 Å². The van der Waals surface area contributed by atoms with E-state index >= 15 is 0 Å². The minimum atomic E-state index is -0.278. The maximum absolute atomic E-state index is 14.6. The van der Waals surface area contributed by atoms with Crippen LogP contribution in [0.3, 0.4) is 0 Å². The van der Waals surface area contributed by atoms with Crippen molar-refractivity contribution in [1.29, 1.82) is 0 Å². The van der Waals surface area contributed by atoms with E-state index in [0.29, 0.717) is 18.3 Å². The molecule has 2 fully saturated rings. The number of rotatable bonds is 5. The summed E-state index contributed by atoms with van der Waals surface area (Å²) in [5.74, 6) is 0.534. The van der Waals surface area contributed by atoms with Gasteiger partial charge in [-0.1, -0.05) is 36.4 Å². The third-order valence-corrected chi connectivity index (χ3v) is 6.40. The Morgan fingerprint density at radius 3 is 2.82 bits per heavy atom. The van der Waals surface area contributed by atoms with E-state index in [1.807, 2.05) is 6.07 Å². The predicted octanol–water partition coefficient (Wildman–Crippen LogP) is 2.67. The summed E-state index contributed by atoms with van der Waals surface area (Å²) in [6, 6.07) is 16.2. The number of ether oxygens (including phenoxy) is 1. The summed E-state index contributed by atoms with van der Waals surface area (Å²) in [5, 5.41) is 3.40. The Morgan fingerprint density at radius 2 is 2.06 bits per heavy atom. The highest BCUT2D eigenvalue weighted by atomic mass is 19.1. The summed E-state index contributed by atoms with van der Waals surface area (Å²) in [5.41, 5.74) is 2.66. The van der Waals surface area contributed by atoms with Crippen LogP contribution in [0, 0.1) is 5.82 Å². The van der Waals surface area contributed by atoms with Gasteiger partial charge in [0, 0.05) is 52.2 Å². The number of halogens is 1. The fourth-order valence-electron chi connectivity index (χ4n) is 4.73. The van der Waals surface area contributed by atoms with E-state index in [2.05, 4.69) is 55.4 Å². The van der Waals surface area contributed by atoms with Crippen LogP contribution in [-0.4, -0.2) is 70.7 Å². The van der Waals surface area contributed by atoms with Gasteiger partial charge >= 0.3 is 0 Å². The fourth-order valence-corrected chi connectivity index (χ4v) is 4.73. The zero-order valence-electron chi connectivity index (χ0n) is 18.8. The first kappa shape index (κ1) is 21.6. The second kappa shape index (κ2) is 9.72. The molecule has 2 unspecified atom stereocenters. The number of nitrogens with zero attached hydrogens (tertiary/aromatic N) is 5. The molecule has 33 heavy (non-hydrogen) atoms. The number of hydrogen-bond acceptors (Lipinski definition) is 4. The first-order chi connectivity index (χ1) is 16.2. The quantitative estimate of drug-likeness (QED) is 0.481. The molecule has 1 N–H and O–H groups in total. The zero-order valence-corrected chi connectivity index (χ0v) is 18.8. The average Bonchev–Trinajstić information content (AvgIpc) is 3.51. The van der Waals surface area contributed by atoms with Gasteiger partial charge in [-0.3, -0.25) is 9.89 Å². The maximum Gasteiger partial charge on any atom is 0.194 e. The van der Waals surface area contributed by atoms with Crippen LogP contribution in [-0.2, 0) is 17.8 Å². The normalized spacial score (nSPS) is 21.3. The smallest absolute Gasteiger partial charge is 0.194 e. The van der Waals surface area contributed by atoms with Gasteiger partial charge in [-0.05, 0) is 23.3 Å². The van der Waals surface area contributed by atoms with Gasteiger partial charge in [-0.15, -0.1) is 0 Å². The molecule has 2 aromatic carbocycles. The number of aliphatic imine (C=N–C) groups is 1. The maximum atomic E-state index is 14.6. The van der Waals surface area contributed by atoms with Crippen molar-refractivity contribution in [1.82, 2.24) is 24.7 Å². The molecule has 2 aliphatic heterocycles. The van der Waals surface area contributed by atoms with Gasteiger partial charge in [-0.25, -0.2) is 9.37 Å². The molecule has 2 saturated heterocycles. The Balaban J connectivity index is 1.22. The van der Waals surface area contributed by atoms with Crippen molar-refractivity contribution in [3.63, 3.8) is 0 Å². The number of likely N-dealkylation sites (tertiary alicyclic amines) is 1. The predicted molar refractivity (Wildman–Crippen MR) is 126 cm³/mol. The molecule has 3 heterocycles. The van der Waals surface area contributed by atoms with Gasteiger partial charge in [-0.2, -0.15) is 0 Å². The third-order valence-electron chi connectivity index (χ3n) is 6.40. The lowest BCUT2D eigenvalue weighted by Gasteiger charge is -2.36. The minimum Gasteiger partial charge on any atom is -0.373 e. The van der Waals surface area contributed by atoms with Crippen LogP contribution in [0.4, 0.5) is 4.39 Å². The Kier molecular flexibility index (Phi) is 6.37. The summed E-state index contributed by atoms with van der Waals surface area (Å²) in [7, 11) is 1.79.